The lowest BCUT2D eigenvalue weighted by Crippen LogP contribution is -2.54. The summed E-state index contributed by atoms with van der Waals surface area (Å²) in [4.78, 5) is 0. The largest absolute Gasteiger partial charge is 0.431 e. The van der Waals surface area contributed by atoms with E-state index in [0.717, 1.165) is 0 Å². The van der Waals surface area contributed by atoms with Gasteiger partial charge in [0.2, 0.25) is 0 Å². The van der Waals surface area contributed by atoms with Crippen molar-refractivity contribution in [1.29, 1.82) is 0 Å². The molecule has 11 heteroatoms. The standard InChI is InChI=1S/C9H14F7NO2S/c1-17-4-2-5-20(18,19)6-3-7(10,8(11,12)13)9(14,15)16/h17H,2-6H2,1H3. The zero-order valence-corrected chi connectivity index (χ0v) is 11.2. The van der Waals surface area contributed by atoms with E-state index in [4.69, 9.17) is 0 Å². The number of hydrogen-bond donors (Lipinski definition) is 1. The molecule has 0 amide bonds. The van der Waals surface area contributed by atoms with Gasteiger partial charge in [-0.2, -0.15) is 26.3 Å². The molecule has 122 valence electrons. The van der Waals surface area contributed by atoms with E-state index in [2.05, 4.69) is 5.32 Å². The fourth-order valence-corrected chi connectivity index (χ4v) is 2.69. The molecule has 0 aromatic heterocycles. The Kier molecular flexibility index (Phi) is 6.27. The van der Waals surface area contributed by atoms with E-state index < -0.39 is 45.8 Å². The number of alkyl halides is 7. The zero-order valence-electron chi connectivity index (χ0n) is 10.4. The van der Waals surface area contributed by atoms with Crippen molar-refractivity contribution in [3.63, 3.8) is 0 Å². The minimum absolute atomic E-state index is 0.0101. The molecule has 0 aliphatic rings. The normalized spacial score (nSPS) is 14.6. The maximum atomic E-state index is 13.2. The lowest BCUT2D eigenvalue weighted by molar-refractivity contribution is -0.341. The molecule has 0 aliphatic carbocycles. The molecule has 0 rings (SSSR count). The van der Waals surface area contributed by atoms with Crippen molar-refractivity contribution in [2.75, 3.05) is 25.1 Å². The average Bonchev–Trinajstić information content (AvgIpc) is 2.23. The first-order valence-electron chi connectivity index (χ1n) is 5.44. The molecular weight excluding hydrogens is 319 g/mol. The first-order valence-corrected chi connectivity index (χ1v) is 7.26. The Morgan fingerprint density at radius 2 is 1.35 bits per heavy atom. The SMILES string of the molecule is CNCCCS(=O)(=O)CCC(F)(C(F)(F)F)C(F)(F)F. The monoisotopic (exact) mass is 333 g/mol. The first-order chi connectivity index (χ1) is 8.77. The van der Waals surface area contributed by atoms with E-state index in [9.17, 15) is 39.2 Å². The third-order valence-electron chi connectivity index (χ3n) is 2.54. The summed E-state index contributed by atoms with van der Waals surface area (Å²) in [5.74, 6) is -2.13. The van der Waals surface area contributed by atoms with Gasteiger partial charge in [-0.3, -0.25) is 0 Å². The Hall–Kier alpha value is -0.580. The molecule has 0 atom stereocenters. The number of hydrogen-bond acceptors (Lipinski definition) is 3. The summed E-state index contributed by atoms with van der Waals surface area (Å²) >= 11 is 0. The number of sulfone groups is 1. The molecule has 0 saturated carbocycles. The maximum Gasteiger partial charge on any atom is 0.431 e. The van der Waals surface area contributed by atoms with Crippen LogP contribution in [0.4, 0.5) is 30.7 Å². The van der Waals surface area contributed by atoms with Gasteiger partial charge in [-0.1, -0.05) is 0 Å². The van der Waals surface area contributed by atoms with Gasteiger partial charge in [0.15, 0.2) is 0 Å². The van der Waals surface area contributed by atoms with Crippen LogP contribution >= 0.6 is 0 Å². The molecule has 1 N–H and O–H groups in total. The highest BCUT2D eigenvalue weighted by Crippen LogP contribution is 2.48. The van der Waals surface area contributed by atoms with Crippen LogP contribution in [0.15, 0.2) is 0 Å². The van der Waals surface area contributed by atoms with Crippen molar-refractivity contribution < 1.29 is 39.2 Å². The number of rotatable bonds is 7. The third kappa shape index (κ3) is 5.08. The molecule has 0 spiro atoms. The summed E-state index contributed by atoms with van der Waals surface area (Å²) in [6.07, 6.45) is -14.6. The van der Waals surface area contributed by atoms with E-state index in [1.54, 1.807) is 0 Å². The van der Waals surface area contributed by atoms with Crippen LogP contribution in [0, 0.1) is 0 Å². The fourth-order valence-electron chi connectivity index (χ4n) is 1.31. The molecule has 0 unspecified atom stereocenters. The molecule has 20 heavy (non-hydrogen) atoms. The molecule has 0 aromatic carbocycles. The van der Waals surface area contributed by atoms with Gasteiger partial charge in [-0.15, -0.1) is 0 Å². The van der Waals surface area contributed by atoms with Crippen molar-refractivity contribution in [1.82, 2.24) is 5.32 Å². The van der Waals surface area contributed by atoms with E-state index in [1.165, 1.54) is 7.05 Å². The number of nitrogens with one attached hydrogen (secondary N) is 1. The van der Waals surface area contributed by atoms with Crippen molar-refractivity contribution in [2.24, 2.45) is 0 Å². The highest BCUT2D eigenvalue weighted by Gasteiger charge is 2.72. The molecule has 0 radical (unpaired) electrons. The second-order valence-electron chi connectivity index (χ2n) is 4.16. The summed E-state index contributed by atoms with van der Waals surface area (Å²) in [5.41, 5.74) is -5.52. The van der Waals surface area contributed by atoms with Crippen LogP contribution in [-0.4, -0.2) is 51.5 Å². The Labute approximate surface area is 111 Å². The molecule has 0 aromatic rings. The Bertz CT molecular complexity index is 387. The van der Waals surface area contributed by atoms with Crippen LogP contribution in [0.1, 0.15) is 12.8 Å². The van der Waals surface area contributed by atoms with Crippen LogP contribution in [-0.2, 0) is 9.84 Å². The van der Waals surface area contributed by atoms with Crippen LogP contribution in [0.2, 0.25) is 0 Å². The quantitative estimate of drug-likeness (QED) is 0.574. The van der Waals surface area contributed by atoms with Crippen LogP contribution in [0.25, 0.3) is 0 Å². The van der Waals surface area contributed by atoms with Gasteiger partial charge in [-0.25, -0.2) is 12.8 Å². The van der Waals surface area contributed by atoms with Crippen LogP contribution < -0.4 is 5.32 Å². The maximum absolute atomic E-state index is 13.2. The van der Waals surface area contributed by atoms with Gasteiger partial charge in [0.25, 0.3) is 5.67 Å². The predicted molar refractivity (Wildman–Crippen MR) is 57.8 cm³/mol. The molecular formula is C9H14F7NO2S. The molecule has 3 nitrogen and oxygen atoms in total. The molecule has 0 fully saturated rings. The summed E-state index contributed by atoms with van der Waals surface area (Å²) in [6.45, 7) is 0.221. The lowest BCUT2D eigenvalue weighted by Gasteiger charge is -2.29. The van der Waals surface area contributed by atoms with Gasteiger partial charge in [0.05, 0.1) is 11.5 Å². The fraction of sp³-hybridized carbons (Fsp3) is 1.00. The van der Waals surface area contributed by atoms with Crippen molar-refractivity contribution in [2.45, 2.75) is 30.9 Å². The van der Waals surface area contributed by atoms with E-state index in [0.29, 0.717) is 0 Å². The average molecular weight is 333 g/mol. The lowest BCUT2D eigenvalue weighted by atomic mass is 10.0. The van der Waals surface area contributed by atoms with Gasteiger partial charge < -0.3 is 5.32 Å². The minimum atomic E-state index is -6.22. The summed E-state index contributed by atoms with van der Waals surface area (Å²) in [5, 5.41) is 2.56. The number of halogens is 7. The van der Waals surface area contributed by atoms with E-state index in [1.807, 2.05) is 0 Å². The highest BCUT2D eigenvalue weighted by molar-refractivity contribution is 7.91. The molecule has 0 heterocycles. The minimum Gasteiger partial charge on any atom is -0.320 e. The first kappa shape index (κ1) is 19.4. The van der Waals surface area contributed by atoms with Gasteiger partial charge in [0.1, 0.15) is 9.84 Å². The van der Waals surface area contributed by atoms with E-state index >= 15 is 0 Å². The van der Waals surface area contributed by atoms with Crippen molar-refractivity contribution in [3.05, 3.63) is 0 Å². The Balaban J connectivity index is 4.90. The van der Waals surface area contributed by atoms with Crippen LogP contribution in [0.3, 0.4) is 0 Å². The van der Waals surface area contributed by atoms with Gasteiger partial charge in [-0.05, 0) is 20.0 Å². The summed E-state index contributed by atoms with van der Waals surface area (Å²) < 4.78 is 109. The van der Waals surface area contributed by atoms with Crippen molar-refractivity contribution >= 4 is 9.84 Å². The van der Waals surface area contributed by atoms with Gasteiger partial charge in [0, 0.05) is 6.42 Å². The Morgan fingerprint density at radius 1 is 0.900 bits per heavy atom. The van der Waals surface area contributed by atoms with E-state index in [-0.39, 0.29) is 13.0 Å². The third-order valence-corrected chi connectivity index (χ3v) is 4.28. The Morgan fingerprint density at radius 3 is 1.70 bits per heavy atom. The van der Waals surface area contributed by atoms with Crippen LogP contribution in [0.5, 0.6) is 0 Å². The zero-order chi connectivity index (χ0) is 16.2. The van der Waals surface area contributed by atoms with Crippen molar-refractivity contribution in [3.8, 4) is 0 Å². The summed E-state index contributed by atoms with van der Waals surface area (Å²) in [7, 11) is -2.69. The molecule has 0 aliphatic heterocycles. The molecule has 0 saturated heterocycles. The second kappa shape index (κ2) is 6.46. The smallest absolute Gasteiger partial charge is 0.320 e. The predicted octanol–water partition coefficient (Wildman–Crippen LogP) is 2.23. The highest BCUT2D eigenvalue weighted by atomic mass is 32.2. The second-order valence-corrected chi connectivity index (χ2v) is 6.46. The topological polar surface area (TPSA) is 46.2 Å². The summed E-state index contributed by atoms with van der Waals surface area (Å²) in [6, 6.07) is 0. The molecule has 0 bridgehead atoms. The van der Waals surface area contributed by atoms with Gasteiger partial charge >= 0.3 is 12.4 Å².